The summed E-state index contributed by atoms with van der Waals surface area (Å²) in [6.45, 7) is 1.85. The number of rotatable bonds is 4. The Kier molecular flexibility index (Phi) is 3.03. The number of ketones is 1. The Hall–Kier alpha value is -2.16. The molecule has 1 aliphatic rings. The Bertz CT molecular complexity index is 600. The number of aryl methyl sites for hydroxylation is 1. The third-order valence-electron chi connectivity index (χ3n) is 3.20. The molecule has 1 fully saturated rings. The number of carbonyl (C=O) groups is 1. The molecule has 1 saturated carbocycles. The predicted octanol–water partition coefficient (Wildman–Crippen LogP) is 3.16. The first kappa shape index (κ1) is 11.9. The molecule has 0 radical (unpaired) electrons. The zero-order chi connectivity index (χ0) is 13.2. The average Bonchev–Trinajstić information content (AvgIpc) is 3.23. The van der Waals surface area contributed by atoms with Gasteiger partial charge in [-0.2, -0.15) is 0 Å². The third kappa shape index (κ3) is 2.65. The van der Waals surface area contributed by atoms with Crippen molar-refractivity contribution in [1.82, 2.24) is 4.98 Å². The Morgan fingerprint density at radius 2 is 1.95 bits per heavy atom. The summed E-state index contributed by atoms with van der Waals surface area (Å²) in [6, 6.07) is 10.9. The topological polar surface area (TPSA) is 39.2 Å². The van der Waals surface area contributed by atoms with Crippen LogP contribution in [0.4, 0.5) is 0 Å². The van der Waals surface area contributed by atoms with Crippen molar-refractivity contribution in [1.29, 1.82) is 0 Å². The maximum atomic E-state index is 12.3. The summed E-state index contributed by atoms with van der Waals surface area (Å²) in [7, 11) is 0. The van der Waals surface area contributed by atoms with E-state index < -0.39 is 0 Å². The molecule has 3 heteroatoms. The normalized spacial score (nSPS) is 14.2. The van der Waals surface area contributed by atoms with E-state index in [4.69, 9.17) is 4.74 Å². The summed E-state index contributed by atoms with van der Waals surface area (Å²) < 4.78 is 5.67. The van der Waals surface area contributed by atoms with Crippen molar-refractivity contribution in [2.24, 2.45) is 0 Å². The van der Waals surface area contributed by atoms with Gasteiger partial charge >= 0.3 is 0 Å². The van der Waals surface area contributed by atoms with Crippen LogP contribution in [0.3, 0.4) is 0 Å². The number of ether oxygens (including phenoxy) is 1. The van der Waals surface area contributed by atoms with E-state index in [1.807, 2.05) is 31.2 Å². The van der Waals surface area contributed by atoms with Crippen LogP contribution in [0.25, 0.3) is 0 Å². The average molecular weight is 253 g/mol. The lowest BCUT2D eigenvalue weighted by molar-refractivity contribution is 0.103. The quantitative estimate of drug-likeness (QED) is 0.786. The highest BCUT2D eigenvalue weighted by Gasteiger charge is 2.23. The molecule has 1 aliphatic carbocycles. The SMILES string of the molecule is Cc1ncccc1C(=O)c1ccc(OC2CC2)cc1. The van der Waals surface area contributed by atoms with E-state index in [2.05, 4.69) is 4.98 Å². The van der Waals surface area contributed by atoms with Crippen molar-refractivity contribution >= 4 is 5.78 Å². The van der Waals surface area contributed by atoms with Crippen LogP contribution in [0.1, 0.15) is 34.5 Å². The van der Waals surface area contributed by atoms with Gasteiger partial charge in [-0.1, -0.05) is 0 Å². The lowest BCUT2D eigenvalue weighted by atomic mass is 10.0. The third-order valence-corrected chi connectivity index (χ3v) is 3.20. The first-order valence-electron chi connectivity index (χ1n) is 6.47. The van der Waals surface area contributed by atoms with Gasteiger partial charge in [0.2, 0.25) is 0 Å². The zero-order valence-corrected chi connectivity index (χ0v) is 10.8. The van der Waals surface area contributed by atoms with E-state index in [-0.39, 0.29) is 5.78 Å². The monoisotopic (exact) mass is 253 g/mol. The van der Waals surface area contributed by atoms with Crippen LogP contribution in [0, 0.1) is 6.92 Å². The largest absolute Gasteiger partial charge is 0.490 e. The fourth-order valence-electron chi connectivity index (χ4n) is 1.94. The number of aromatic nitrogens is 1. The van der Waals surface area contributed by atoms with E-state index in [9.17, 15) is 4.79 Å². The Morgan fingerprint density at radius 1 is 1.21 bits per heavy atom. The van der Waals surface area contributed by atoms with Crippen LogP contribution < -0.4 is 4.74 Å². The summed E-state index contributed by atoms with van der Waals surface area (Å²) >= 11 is 0. The standard InChI is InChI=1S/C16H15NO2/c1-11-15(3-2-10-17-11)16(18)12-4-6-13(7-5-12)19-14-8-9-14/h2-7,10,14H,8-9H2,1H3. The highest BCUT2D eigenvalue weighted by atomic mass is 16.5. The Labute approximate surface area is 112 Å². The summed E-state index contributed by atoms with van der Waals surface area (Å²) in [5, 5.41) is 0. The van der Waals surface area contributed by atoms with Gasteiger partial charge in [0.1, 0.15) is 5.75 Å². The summed E-state index contributed by atoms with van der Waals surface area (Å²) in [6.07, 6.45) is 4.34. The number of benzene rings is 1. The van der Waals surface area contributed by atoms with Gasteiger partial charge in [-0.15, -0.1) is 0 Å². The highest BCUT2D eigenvalue weighted by molar-refractivity contribution is 6.09. The molecule has 96 valence electrons. The van der Waals surface area contributed by atoms with Crippen LogP contribution in [0.5, 0.6) is 5.75 Å². The molecule has 0 aliphatic heterocycles. The molecule has 0 N–H and O–H groups in total. The molecule has 0 spiro atoms. The molecule has 19 heavy (non-hydrogen) atoms. The van der Waals surface area contributed by atoms with Crippen LogP contribution in [-0.4, -0.2) is 16.9 Å². The van der Waals surface area contributed by atoms with E-state index in [1.54, 1.807) is 18.3 Å². The van der Waals surface area contributed by atoms with Crippen LogP contribution in [0.2, 0.25) is 0 Å². The molecule has 2 aromatic rings. The molecule has 1 aromatic carbocycles. The number of hydrogen-bond donors (Lipinski definition) is 0. The first-order chi connectivity index (χ1) is 9.24. The van der Waals surface area contributed by atoms with Crippen LogP contribution in [0.15, 0.2) is 42.6 Å². The Morgan fingerprint density at radius 3 is 2.58 bits per heavy atom. The number of carbonyl (C=O) groups excluding carboxylic acids is 1. The summed E-state index contributed by atoms with van der Waals surface area (Å²) in [5.41, 5.74) is 2.07. The molecule has 0 unspecified atom stereocenters. The second-order valence-corrected chi connectivity index (χ2v) is 4.81. The summed E-state index contributed by atoms with van der Waals surface area (Å²) in [4.78, 5) is 16.5. The van der Waals surface area contributed by atoms with Gasteiger partial charge in [-0.25, -0.2) is 0 Å². The molecule has 0 amide bonds. The highest BCUT2D eigenvalue weighted by Crippen LogP contribution is 2.27. The van der Waals surface area contributed by atoms with E-state index in [0.29, 0.717) is 17.2 Å². The molecule has 3 nitrogen and oxygen atoms in total. The van der Waals surface area contributed by atoms with Gasteiger partial charge in [0.25, 0.3) is 0 Å². The van der Waals surface area contributed by atoms with Gasteiger partial charge in [0.15, 0.2) is 5.78 Å². The minimum Gasteiger partial charge on any atom is -0.490 e. The molecule has 1 heterocycles. The van der Waals surface area contributed by atoms with Gasteiger partial charge in [-0.05, 0) is 56.2 Å². The maximum absolute atomic E-state index is 12.3. The van der Waals surface area contributed by atoms with Crippen LogP contribution >= 0.6 is 0 Å². The molecule has 1 aromatic heterocycles. The molecule has 0 bridgehead atoms. The Balaban J connectivity index is 1.81. The molecule has 0 atom stereocenters. The number of pyridine rings is 1. The van der Waals surface area contributed by atoms with Gasteiger partial charge < -0.3 is 4.74 Å². The number of nitrogens with zero attached hydrogens (tertiary/aromatic N) is 1. The maximum Gasteiger partial charge on any atom is 0.194 e. The van der Waals surface area contributed by atoms with Gasteiger partial charge in [0.05, 0.1) is 6.10 Å². The van der Waals surface area contributed by atoms with Crippen molar-refractivity contribution in [2.75, 3.05) is 0 Å². The van der Waals surface area contributed by atoms with Gasteiger partial charge in [-0.3, -0.25) is 9.78 Å². The zero-order valence-electron chi connectivity index (χ0n) is 10.8. The predicted molar refractivity (Wildman–Crippen MR) is 72.5 cm³/mol. The lowest BCUT2D eigenvalue weighted by Gasteiger charge is -2.06. The second-order valence-electron chi connectivity index (χ2n) is 4.81. The van der Waals surface area contributed by atoms with E-state index >= 15 is 0 Å². The van der Waals surface area contributed by atoms with Crippen LogP contribution in [-0.2, 0) is 0 Å². The first-order valence-corrected chi connectivity index (χ1v) is 6.47. The second kappa shape index (κ2) is 4.84. The van der Waals surface area contributed by atoms with Crippen molar-refractivity contribution in [3.8, 4) is 5.75 Å². The van der Waals surface area contributed by atoms with Crippen molar-refractivity contribution in [2.45, 2.75) is 25.9 Å². The van der Waals surface area contributed by atoms with Crippen molar-refractivity contribution < 1.29 is 9.53 Å². The van der Waals surface area contributed by atoms with E-state index in [0.717, 1.165) is 24.3 Å². The molecule has 3 rings (SSSR count). The molecule has 0 saturated heterocycles. The minimum absolute atomic E-state index is 0.00331. The van der Waals surface area contributed by atoms with E-state index in [1.165, 1.54) is 0 Å². The smallest absolute Gasteiger partial charge is 0.194 e. The minimum atomic E-state index is 0.00331. The van der Waals surface area contributed by atoms with Crippen molar-refractivity contribution in [3.05, 3.63) is 59.4 Å². The summed E-state index contributed by atoms with van der Waals surface area (Å²) in [5.74, 6) is 0.838. The fourth-order valence-corrected chi connectivity index (χ4v) is 1.94. The lowest BCUT2D eigenvalue weighted by Crippen LogP contribution is -2.05. The number of hydrogen-bond acceptors (Lipinski definition) is 3. The van der Waals surface area contributed by atoms with Gasteiger partial charge in [0, 0.05) is 23.0 Å². The van der Waals surface area contributed by atoms with Crippen molar-refractivity contribution in [3.63, 3.8) is 0 Å². The molecular formula is C16H15NO2. The molecular weight excluding hydrogens is 238 g/mol. The fraction of sp³-hybridized carbons (Fsp3) is 0.250.